The second-order valence-electron chi connectivity index (χ2n) is 7.47. The lowest BCUT2D eigenvalue weighted by molar-refractivity contribution is -0.241. The van der Waals surface area contributed by atoms with Gasteiger partial charge < -0.3 is 14.7 Å². The van der Waals surface area contributed by atoms with Crippen molar-refractivity contribution in [2.75, 3.05) is 20.7 Å². The van der Waals surface area contributed by atoms with Crippen LogP contribution in [-0.2, 0) is 5.60 Å². The van der Waals surface area contributed by atoms with E-state index in [1.165, 1.54) is 19.2 Å². The molecular formula is C22H29F3N2O2. The summed E-state index contributed by atoms with van der Waals surface area (Å²) in [6.07, 6.45) is 1.12. The molecule has 1 aliphatic rings. The van der Waals surface area contributed by atoms with E-state index in [4.69, 9.17) is 4.74 Å². The minimum absolute atomic E-state index is 0.0975. The molecule has 29 heavy (non-hydrogen) atoms. The molecule has 0 bridgehead atoms. The van der Waals surface area contributed by atoms with Gasteiger partial charge in [-0.2, -0.15) is 13.2 Å². The average molecular weight is 410 g/mol. The Balaban J connectivity index is 2.52. The first kappa shape index (κ1) is 23.1. The lowest BCUT2D eigenvalue weighted by Crippen LogP contribution is -2.41. The Labute approximate surface area is 170 Å². The standard InChI is InChI=1S/C22H29F3N2O2/c1-5-27(3)15-26-19-14-20(29-4)18(13-16(19)2)21(28,22(23,24)25)12-11-17-9-7-6-8-10-17/h13-15,17,28H,5-10H2,1-4H3. The quantitative estimate of drug-likeness (QED) is 0.424. The molecule has 0 spiro atoms. The topological polar surface area (TPSA) is 45.1 Å². The first-order chi connectivity index (χ1) is 13.6. The van der Waals surface area contributed by atoms with Gasteiger partial charge >= 0.3 is 6.18 Å². The van der Waals surface area contributed by atoms with Gasteiger partial charge in [0, 0.05) is 31.1 Å². The molecule has 7 heteroatoms. The molecule has 0 aliphatic heterocycles. The fourth-order valence-electron chi connectivity index (χ4n) is 3.25. The van der Waals surface area contributed by atoms with Crippen molar-refractivity contribution in [3.8, 4) is 17.6 Å². The number of hydrogen-bond donors (Lipinski definition) is 1. The summed E-state index contributed by atoms with van der Waals surface area (Å²) in [6, 6.07) is 2.67. The highest BCUT2D eigenvalue weighted by atomic mass is 19.4. The zero-order valence-corrected chi connectivity index (χ0v) is 17.4. The van der Waals surface area contributed by atoms with Gasteiger partial charge in [0.25, 0.3) is 5.60 Å². The predicted octanol–water partition coefficient (Wildman–Crippen LogP) is 4.95. The third-order valence-corrected chi connectivity index (χ3v) is 5.27. The largest absolute Gasteiger partial charge is 0.496 e. The second-order valence-corrected chi connectivity index (χ2v) is 7.47. The Morgan fingerprint density at radius 1 is 1.28 bits per heavy atom. The molecule has 1 unspecified atom stereocenters. The molecule has 0 aromatic heterocycles. The van der Waals surface area contributed by atoms with E-state index < -0.39 is 17.3 Å². The van der Waals surface area contributed by atoms with Crippen molar-refractivity contribution < 1.29 is 23.0 Å². The Morgan fingerprint density at radius 3 is 2.48 bits per heavy atom. The number of aliphatic hydroxyl groups is 1. The van der Waals surface area contributed by atoms with Crippen LogP contribution in [-0.4, -0.2) is 43.2 Å². The number of nitrogens with zero attached hydrogens (tertiary/aromatic N) is 2. The highest BCUT2D eigenvalue weighted by Crippen LogP contribution is 2.44. The van der Waals surface area contributed by atoms with E-state index in [9.17, 15) is 18.3 Å². The summed E-state index contributed by atoms with van der Waals surface area (Å²) in [5.41, 5.74) is -2.75. The van der Waals surface area contributed by atoms with E-state index in [0.717, 1.165) is 38.6 Å². The van der Waals surface area contributed by atoms with E-state index in [-0.39, 0.29) is 11.7 Å². The fourth-order valence-corrected chi connectivity index (χ4v) is 3.25. The molecule has 1 atom stereocenters. The van der Waals surface area contributed by atoms with Crippen LogP contribution < -0.4 is 4.74 Å². The van der Waals surface area contributed by atoms with Gasteiger partial charge in [0.2, 0.25) is 0 Å². The summed E-state index contributed by atoms with van der Waals surface area (Å²) in [4.78, 5) is 6.15. The van der Waals surface area contributed by atoms with Crippen molar-refractivity contribution in [2.45, 2.75) is 57.7 Å². The van der Waals surface area contributed by atoms with Crippen LogP contribution >= 0.6 is 0 Å². The fraction of sp³-hybridized carbons (Fsp3) is 0.591. The highest BCUT2D eigenvalue weighted by molar-refractivity contribution is 5.65. The monoisotopic (exact) mass is 410 g/mol. The Bertz CT molecular complexity index is 790. The van der Waals surface area contributed by atoms with Crippen LogP contribution in [0.15, 0.2) is 17.1 Å². The summed E-state index contributed by atoms with van der Waals surface area (Å²) < 4.78 is 47.0. The molecule has 1 aromatic rings. The number of alkyl halides is 3. The number of aryl methyl sites for hydroxylation is 1. The molecule has 0 heterocycles. The van der Waals surface area contributed by atoms with Crippen LogP contribution in [0.1, 0.15) is 50.2 Å². The van der Waals surface area contributed by atoms with Crippen LogP contribution in [0.4, 0.5) is 18.9 Å². The van der Waals surface area contributed by atoms with Gasteiger partial charge in [0.05, 0.1) is 19.1 Å². The minimum atomic E-state index is -4.97. The van der Waals surface area contributed by atoms with Gasteiger partial charge in [0.1, 0.15) is 5.75 Å². The van der Waals surface area contributed by atoms with Gasteiger partial charge in [-0.25, -0.2) is 4.99 Å². The van der Waals surface area contributed by atoms with Gasteiger partial charge in [-0.1, -0.05) is 31.1 Å². The van der Waals surface area contributed by atoms with Gasteiger partial charge in [-0.05, 0) is 38.3 Å². The third-order valence-electron chi connectivity index (χ3n) is 5.27. The summed E-state index contributed by atoms with van der Waals surface area (Å²) in [5, 5.41) is 10.7. The SMILES string of the molecule is CCN(C)C=Nc1cc(OC)c(C(O)(C#CC2CCCCC2)C(F)(F)F)cc1C. The molecule has 4 nitrogen and oxygen atoms in total. The smallest absolute Gasteiger partial charge is 0.433 e. The maximum Gasteiger partial charge on any atom is 0.433 e. The molecule has 1 saturated carbocycles. The summed E-state index contributed by atoms with van der Waals surface area (Å²) in [7, 11) is 3.11. The number of hydrogen-bond acceptors (Lipinski definition) is 3. The van der Waals surface area contributed by atoms with E-state index in [1.54, 1.807) is 13.3 Å². The first-order valence-electron chi connectivity index (χ1n) is 9.87. The summed E-state index contributed by atoms with van der Waals surface area (Å²) in [6.45, 7) is 4.34. The molecule has 1 fully saturated rings. The molecule has 1 aliphatic carbocycles. The van der Waals surface area contributed by atoms with Crippen LogP contribution in [0.25, 0.3) is 0 Å². The first-order valence-corrected chi connectivity index (χ1v) is 9.87. The van der Waals surface area contributed by atoms with Gasteiger partial charge in [-0.3, -0.25) is 0 Å². The summed E-state index contributed by atoms with van der Waals surface area (Å²) in [5.74, 6) is 4.62. The van der Waals surface area contributed by atoms with E-state index in [0.29, 0.717) is 11.3 Å². The van der Waals surface area contributed by atoms with Crippen molar-refractivity contribution >= 4 is 12.0 Å². The maximum absolute atomic E-state index is 13.9. The van der Waals surface area contributed by atoms with Crippen molar-refractivity contribution in [2.24, 2.45) is 10.9 Å². The maximum atomic E-state index is 13.9. The third kappa shape index (κ3) is 5.45. The van der Waals surface area contributed by atoms with Crippen LogP contribution in [0.5, 0.6) is 5.75 Å². The Kier molecular flexibility index (Phi) is 7.59. The molecule has 0 amide bonds. The molecule has 0 saturated heterocycles. The number of rotatable bonds is 5. The van der Waals surface area contributed by atoms with Crippen molar-refractivity contribution in [1.82, 2.24) is 4.90 Å². The average Bonchev–Trinajstić information content (AvgIpc) is 2.70. The second kappa shape index (κ2) is 9.53. The molecule has 0 radical (unpaired) electrons. The lowest BCUT2D eigenvalue weighted by atomic mass is 9.87. The van der Waals surface area contributed by atoms with Crippen molar-refractivity contribution in [1.29, 1.82) is 0 Å². The number of benzene rings is 1. The Morgan fingerprint density at radius 2 is 1.93 bits per heavy atom. The van der Waals surface area contributed by atoms with Gasteiger partial charge in [-0.15, -0.1) is 0 Å². The van der Waals surface area contributed by atoms with Crippen LogP contribution in [0.3, 0.4) is 0 Å². The van der Waals surface area contributed by atoms with Crippen LogP contribution in [0.2, 0.25) is 0 Å². The van der Waals surface area contributed by atoms with Crippen molar-refractivity contribution in [3.63, 3.8) is 0 Å². The van der Waals surface area contributed by atoms with E-state index in [1.807, 2.05) is 18.9 Å². The van der Waals surface area contributed by atoms with E-state index >= 15 is 0 Å². The number of ether oxygens (including phenoxy) is 1. The number of aliphatic imine (C=N–C) groups is 1. The molecule has 2 rings (SSSR count). The highest BCUT2D eigenvalue weighted by Gasteiger charge is 2.56. The normalized spacial score (nSPS) is 17.5. The molecular weight excluding hydrogens is 381 g/mol. The minimum Gasteiger partial charge on any atom is -0.496 e. The van der Waals surface area contributed by atoms with E-state index in [2.05, 4.69) is 16.8 Å². The van der Waals surface area contributed by atoms with Gasteiger partial charge in [0.15, 0.2) is 0 Å². The van der Waals surface area contributed by atoms with Crippen molar-refractivity contribution in [3.05, 3.63) is 23.3 Å². The number of methoxy groups -OCH3 is 1. The molecule has 1 N–H and O–H groups in total. The number of halogens is 3. The Hall–Kier alpha value is -2.20. The molecule has 1 aromatic carbocycles. The zero-order valence-electron chi connectivity index (χ0n) is 17.4. The van der Waals surface area contributed by atoms with Crippen LogP contribution in [0, 0.1) is 24.7 Å². The summed E-state index contributed by atoms with van der Waals surface area (Å²) >= 11 is 0. The predicted molar refractivity (Wildman–Crippen MR) is 108 cm³/mol. The molecule has 160 valence electrons. The lowest BCUT2D eigenvalue weighted by Gasteiger charge is -2.28. The zero-order chi connectivity index (χ0) is 21.7.